The molecule has 2 N–H and O–H groups in total. The lowest BCUT2D eigenvalue weighted by molar-refractivity contribution is -0.137. The van der Waals surface area contributed by atoms with Gasteiger partial charge in [-0.3, -0.25) is 0 Å². The second kappa shape index (κ2) is 9.61. The highest BCUT2D eigenvalue weighted by Gasteiger charge is 2.38. The van der Waals surface area contributed by atoms with Gasteiger partial charge in [0.15, 0.2) is 9.84 Å². The van der Waals surface area contributed by atoms with Crippen molar-refractivity contribution in [2.75, 3.05) is 31.2 Å². The Morgan fingerprint density at radius 2 is 2.03 bits per heavy atom. The first-order valence-electron chi connectivity index (χ1n) is 11.7. The summed E-state index contributed by atoms with van der Waals surface area (Å²) >= 11 is 6.33. The molecular formula is C24H24F3N5O2S3. The van der Waals surface area contributed by atoms with Gasteiger partial charge in [0, 0.05) is 32.0 Å². The van der Waals surface area contributed by atoms with Crippen LogP contribution in [0.4, 0.5) is 24.8 Å². The van der Waals surface area contributed by atoms with E-state index < -0.39 is 21.6 Å². The smallest absolute Gasteiger partial charge is 0.364 e. The van der Waals surface area contributed by atoms with Gasteiger partial charge < -0.3 is 15.5 Å². The molecule has 7 nitrogen and oxygen atoms in total. The summed E-state index contributed by atoms with van der Waals surface area (Å²) in [5.74, 6) is -0.180. The van der Waals surface area contributed by atoms with Crippen LogP contribution in [0.1, 0.15) is 34.1 Å². The van der Waals surface area contributed by atoms with E-state index in [1.165, 1.54) is 11.6 Å². The number of thiocarbonyl (C=S) groups is 1. The summed E-state index contributed by atoms with van der Waals surface area (Å²) in [5.41, 5.74) is 2.67. The van der Waals surface area contributed by atoms with Crippen LogP contribution in [-0.2, 0) is 35.4 Å². The Hall–Kier alpha value is -2.61. The van der Waals surface area contributed by atoms with Crippen molar-refractivity contribution in [1.82, 2.24) is 20.2 Å². The summed E-state index contributed by atoms with van der Waals surface area (Å²) in [6, 6.07) is 5.35. The van der Waals surface area contributed by atoms with Crippen LogP contribution in [0.3, 0.4) is 0 Å². The van der Waals surface area contributed by atoms with E-state index in [4.69, 9.17) is 12.2 Å². The average Bonchev–Trinajstić information content (AvgIpc) is 3.29. The Balaban J connectivity index is 1.61. The number of sulfone groups is 1. The van der Waals surface area contributed by atoms with E-state index in [-0.39, 0.29) is 43.6 Å². The highest BCUT2D eigenvalue weighted by Crippen LogP contribution is 2.42. The van der Waals surface area contributed by atoms with Gasteiger partial charge in [0.2, 0.25) is 5.95 Å². The van der Waals surface area contributed by atoms with Gasteiger partial charge in [-0.15, -0.1) is 11.3 Å². The summed E-state index contributed by atoms with van der Waals surface area (Å²) in [6.07, 6.45) is -2.44. The SMILES string of the molecule is CCc1cc2c(cc1Nc1ncc(C(F)(F)F)c(-c3cc4c(s3)C(=S)N(C)CCS4(=O)=O)n1)CCNC2. The number of thiophene rings is 1. The average molecular weight is 568 g/mol. The van der Waals surface area contributed by atoms with Crippen LogP contribution in [0.5, 0.6) is 0 Å². The minimum atomic E-state index is -4.74. The van der Waals surface area contributed by atoms with Crippen molar-refractivity contribution < 1.29 is 21.6 Å². The fourth-order valence-corrected chi connectivity index (χ4v) is 7.90. The lowest BCUT2D eigenvalue weighted by Crippen LogP contribution is -2.26. The molecule has 5 rings (SSSR count). The quantitative estimate of drug-likeness (QED) is 0.444. The lowest BCUT2D eigenvalue weighted by atomic mass is 9.96. The highest BCUT2D eigenvalue weighted by atomic mass is 32.2. The van der Waals surface area contributed by atoms with Crippen molar-refractivity contribution in [1.29, 1.82) is 0 Å². The number of benzene rings is 1. The molecule has 0 fully saturated rings. The molecule has 13 heteroatoms. The van der Waals surface area contributed by atoms with E-state index >= 15 is 0 Å². The van der Waals surface area contributed by atoms with Crippen LogP contribution in [0.2, 0.25) is 0 Å². The largest absolute Gasteiger partial charge is 0.420 e. The molecule has 0 saturated carbocycles. The van der Waals surface area contributed by atoms with Crippen LogP contribution < -0.4 is 10.6 Å². The number of fused-ring (bicyclic) bond motifs is 2. The second-order valence-electron chi connectivity index (χ2n) is 8.99. The number of nitrogens with one attached hydrogen (secondary N) is 2. The number of halogens is 3. The van der Waals surface area contributed by atoms with Crippen LogP contribution in [0.15, 0.2) is 29.3 Å². The summed E-state index contributed by atoms with van der Waals surface area (Å²) < 4.78 is 67.7. The Morgan fingerprint density at radius 3 is 2.76 bits per heavy atom. The fraction of sp³-hybridized carbons (Fsp3) is 0.375. The fourth-order valence-electron chi connectivity index (χ4n) is 4.46. The molecule has 0 radical (unpaired) electrons. The van der Waals surface area contributed by atoms with E-state index in [1.807, 2.05) is 13.0 Å². The first kappa shape index (κ1) is 26.0. The van der Waals surface area contributed by atoms with Crippen LogP contribution in [0, 0.1) is 0 Å². The summed E-state index contributed by atoms with van der Waals surface area (Å²) in [4.78, 5) is 10.4. The van der Waals surface area contributed by atoms with E-state index in [9.17, 15) is 21.6 Å². The van der Waals surface area contributed by atoms with Gasteiger partial charge in [0.05, 0.1) is 26.1 Å². The van der Waals surface area contributed by atoms with Crippen molar-refractivity contribution in [2.24, 2.45) is 0 Å². The molecule has 0 atom stereocenters. The maximum absolute atomic E-state index is 14.0. The molecule has 3 aromatic rings. The third-order valence-corrected chi connectivity index (χ3v) is 10.2. The Kier molecular flexibility index (Phi) is 6.75. The molecular weight excluding hydrogens is 543 g/mol. The van der Waals surface area contributed by atoms with Crippen LogP contribution in [-0.4, -0.2) is 54.2 Å². The van der Waals surface area contributed by atoms with Gasteiger partial charge in [-0.1, -0.05) is 25.2 Å². The molecule has 0 unspecified atom stereocenters. The zero-order chi connectivity index (χ0) is 26.5. The van der Waals surface area contributed by atoms with E-state index in [0.717, 1.165) is 53.9 Å². The lowest BCUT2D eigenvalue weighted by Gasteiger charge is -2.21. The number of rotatable bonds is 4. The molecule has 2 aliphatic heterocycles. The number of aryl methyl sites for hydroxylation is 1. The first-order chi connectivity index (χ1) is 17.5. The Bertz CT molecular complexity index is 1500. The van der Waals surface area contributed by atoms with Gasteiger partial charge in [0.1, 0.15) is 10.6 Å². The zero-order valence-corrected chi connectivity index (χ0v) is 22.5. The van der Waals surface area contributed by atoms with E-state index in [1.54, 1.807) is 11.9 Å². The second-order valence-corrected chi connectivity index (χ2v) is 12.5. The monoisotopic (exact) mass is 567 g/mol. The summed E-state index contributed by atoms with van der Waals surface area (Å²) in [6.45, 7) is 3.83. The van der Waals surface area contributed by atoms with E-state index in [2.05, 4.69) is 26.7 Å². The van der Waals surface area contributed by atoms with E-state index in [0.29, 0.717) is 6.42 Å². The molecule has 1 aromatic carbocycles. The van der Waals surface area contributed by atoms with Crippen molar-refractivity contribution in [2.45, 2.75) is 37.4 Å². The number of anilines is 2. The number of hydrogen-bond acceptors (Lipinski definition) is 8. The van der Waals surface area contributed by atoms with Crippen molar-refractivity contribution in [3.8, 4) is 10.6 Å². The minimum absolute atomic E-state index is 0.00210. The molecule has 2 aromatic heterocycles. The first-order valence-corrected chi connectivity index (χ1v) is 14.5. The van der Waals surface area contributed by atoms with Crippen molar-refractivity contribution >= 4 is 50.0 Å². The molecule has 0 amide bonds. The molecule has 0 spiro atoms. The minimum Gasteiger partial charge on any atom is -0.364 e. The predicted molar refractivity (Wildman–Crippen MR) is 141 cm³/mol. The molecule has 37 heavy (non-hydrogen) atoms. The van der Waals surface area contributed by atoms with Crippen LogP contribution in [0.25, 0.3) is 10.6 Å². The van der Waals surface area contributed by atoms with Gasteiger partial charge in [-0.05, 0) is 48.2 Å². The number of aromatic nitrogens is 2. The normalized spacial score (nSPS) is 17.2. The Labute approximate surface area is 222 Å². The van der Waals surface area contributed by atoms with Gasteiger partial charge in [-0.25, -0.2) is 18.4 Å². The third kappa shape index (κ3) is 4.97. The number of hydrogen-bond donors (Lipinski definition) is 2. The summed E-state index contributed by atoms with van der Waals surface area (Å²) in [5, 5.41) is 6.45. The maximum Gasteiger partial charge on any atom is 0.420 e. The molecule has 4 heterocycles. The molecule has 2 aliphatic rings. The van der Waals surface area contributed by atoms with Gasteiger partial charge in [0.25, 0.3) is 0 Å². The molecule has 196 valence electrons. The standard InChI is InChI=1S/C24H24F3N5O2S3/c1-3-13-8-15-11-28-5-4-14(15)9-17(13)30-23-29-12-16(24(25,26)27)20(31-23)18-10-19-21(36-18)22(35)32(2)6-7-37(19,33)34/h8-10,12,28H,3-7,11H2,1-2H3,(H,29,30,31). The molecule has 0 saturated heterocycles. The molecule has 0 bridgehead atoms. The number of alkyl halides is 3. The van der Waals surface area contributed by atoms with Gasteiger partial charge >= 0.3 is 6.18 Å². The van der Waals surface area contributed by atoms with Gasteiger partial charge in [-0.2, -0.15) is 13.2 Å². The summed E-state index contributed by atoms with van der Waals surface area (Å²) in [7, 11) is -2.05. The van der Waals surface area contributed by atoms with Crippen molar-refractivity contribution in [3.05, 3.63) is 51.5 Å². The zero-order valence-electron chi connectivity index (χ0n) is 20.1. The molecule has 0 aliphatic carbocycles. The van der Waals surface area contributed by atoms with Crippen molar-refractivity contribution in [3.63, 3.8) is 0 Å². The Morgan fingerprint density at radius 1 is 1.24 bits per heavy atom. The third-order valence-electron chi connectivity index (χ3n) is 6.54. The predicted octanol–water partition coefficient (Wildman–Crippen LogP) is 4.57. The number of nitrogens with zero attached hydrogens (tertiary/aromatic N) is 3. The maximum atomic E-state index is 14.0. The highest BCUT2D eigenvalue weighted by molar-refractivity contribution is 7.92. The van der Waals surface area contributed by atoms with Crippen LogP contribution >= 0.6 is 23.6 Å². The topological polar surface area (TPSA) is 87.2 Å².